The van der Waals surface area contributed by atoms with Gasteiger partial charge in [0.1, 0.15) is 0 Å². The van der Waals surface area contributed by atoms with Gasteiger partial charge in [0, 0.05) is 5.70 Å². The minimum atomic E-state index is 0.718. The van der Waals surface area contributed by atoms with Gasteiger partial charge < -0.3 is 0 Å². The summed E-state index contributed by atoms with van der Waals surface area (Å²) in [4.78, 5) is 0. The lowest BCUT2D eigenvalue weighted by molar-refractivity contribution is 0.551. The van der Waals surface area contributed by atoms with Gasteiger partial charge in [0.25, 0.3) is 0 Å². The first-order valence-corrected chi connectivity index (χ1v) is 3.35. The van der Waals surface area contributed by atoms with E-state index in [9.17, 15) is 0 Å². The van der Waals surface area contributed by atoms with E-state index >= 15 is 0 Å². The molecule has 1 unspecified atom stereocenters. The highest BCUT2D eigenvalue weighted by molar-refractivity contribution is 5.10. The fraction of sp³-hybridized carbons (Fsp3) is 0.714. The van der Waals surface area contributed by atoms with Crippen molar-refractivity contribution in [3.63, 3.8) is 0 Å². The molecule has 0 aromatic heterocycles. The molecule has 0 N–H and O–H groups in total. The molecule has 1 atom stereocenters. The van der Waals surface area contributed by atoms with E-state index in [4.69, 9.17) is 0 Å². The Labute approximate surface area is 49.8 Å². The highest BCUT2D eigenvalue weighted by Gasteiger charge is 2.22. The average molecular weight is 108 g/mol. The minimum absolute atomic E-state index is 0.718. The van der Waals surface area contributed by atoms with Crippen LogP contribution in [-0.2, 0) is 0 Å². The molecule has 1 nitrogen and oxygen atoms in total. The number of fused-ring (bicyclic) bond motifs is 2. The predicted molar refractivity (Wildman–Crippen MR) is 32.5 cm³/mol. The molecular formula is C7H10N. The fourth-order valence-corrected chi connectivity index (χ4v) is 1.48. The Balaban J connectivity index is 2.22. The zero-order valence-corrected chi connectivity index (χ0v) is 4.93. The van der Waals surface area contributed by atoms with Gasteiger partial charge in [-0.25, -0.2) is 0 Å². The second kappa shape index (κ2) is 1.51. The van der Waals surface area contributed by atoms with Crippen molar-refractivity contribution in [2.75, 3.05) is 0 Å². The van der Waals surface area contributed by atoms with Gasteiger partial charge in [-0.1, -0.05) is 6.08 Å². The van der Waals surface area contributed by atoms with Crippen LogP contribution < -0.4 is 5.32 Å². The number of hydrogen-bond acceptors (Lipinski definition) is 0. The predicted octanol–water partition coefficient (Wildman–Crippen LogP) is 1.43. The summed E-state index contributed by atoms with van der Waals surface area (Å²) in [5.74, 6) is 0. The van der Waals surface area contributed by atoms with Crippen LogP contribution in [0.3, 0.4) is 0 Å². The van der Waals surface area contributed by atoms with Crippen LogP contribution in [0.25, 0.3) is 0 Å². The van der Waals surface area contributed by atoms with Crippen molar-refractivity contribution in [2.24, 2.45) is 0 Å². The Bertz CT molecular complexity index is 124. The van der Waals surface area contributed by atoms with Gasteiger partial charge in [0.15, 0.2) is 0 Å². The summed E-state index contributed by atoms with van der Waals surface area (Å²) in [7, 11) is 0. The van der Waals surface area contributed by atoms with Crippen LogP contribution in [0, 0.1) is 0 Å². The largest absolute Gasteiger partial charge is 0.287 e. The maximum absolute atomic E-state index is 4.45. The van der Waals surface area contributed by atoms with E-state index in [0.29, 0.717) is 0 Å². The number of hydrogen-bond donors (Lipinski definition) is 0. The zero-order valence-electron chi connectivity index (χ0n) is 4.93. The fourth-order valence-electron chi connectivity index (χ4n) is 1.48. The third-order valence-electron chi connectivity index (χ3n) is 1.96. The molecule has 0 amide bonds. The summed E-state index contributed by atoms with van der Waals surface area (Å²) < 4.78 is 0. The van der Waals surface area contributed by atoms with E-state index < -0.39 is 0 Å². The monoisotopic (exact) mass is 108 g/mol. The molecule has 43 valence electrons. The second-order valence-corrected chi connectivity index (χ2v) is 2.59. The molecular weight excluding hydrogens is 98.1 g/mol. The molecule has 1 radical (unpaired) electrons. The van der Waals surface area contributed by atoms with Crippen molar-refractivity contribution in [2.45, 2.75) is 31.7 Å². The van der Waals surface area contributed by atoms with Crippen molar-refractivity contribution >= 4 is 0 Å². The molecule has 1 heteroatoms. The summed E-state index contributed by atoms with van der Waals surface area (Å²) in [5, 5.41) is 4.45. The second-order valence-electron chi connectivity index (χ2n) is 2.59. The zero-order chi connectivity index (χ0) is 5.40. The minimum Gasteiger partial charge on any atom is -0.287 e. The molecule has 0 aromatic rings. The highest BCUT2D eigenvalue weighted by atomic mass is 15.0. The SMILES string of the molecule is C1=C2CCC(CC1)[N]2. The average Bonchev–Trinajstić information content (AvgIpc) is 2.12. The van der Waals surface area contributed by atoms with E-state index in [2.05, 4.69) is 11.4 Å². The quantitative estimate of drug-likeness (QED) is 0.445. The van der Waals surface area contributed by atoms with Gasteiger partial charge >= 0.3 is 0 Å². The number of allylic oxidation sites excluding steroid dienone is 2. The normalized spacial score (nSPS) is 34.0. The van der Waals surface area contributed by atoms with E-state index in [0.717, 1.165) is 6.04 Å². The molecule has 0 aliphatic carbocycles. The third-order valence-corrected chi connectivity index (χ3v) is 1.96. The van der Waals surface area contributed by atoms with Crippen LogP contribution in [0.15, 0.2) is 11.8 Å². The highest BCUT2D eigenvalue weighted by Crippen LogP contribution is 2.26. The van der Waals surface area contributed by atoms with Crippen molar-refractivity contribution in [3.8, 4) is 0 Å². The van der Waals surface area contributed by atoms with Gasteiger partial charge in [-0.2, -0.15) is 0 Å². The Kier molecular flexibility index (Phi) is 0.833. The van der Waals surface area contributed by atoms with Crippen LogP contribution in [-0.4, -0.2) is 6.04 Å². The Morgan fingerprint density at radius 2 is 2.50 bits per heavy atom. The Morgan fingerprint density at radius 1 is 1.50 bits per heavy atom. The van der Waals surface area contributed by atoms with Crippen molar-refractivity contribution in [3.05, 3.63) is 11.8 Å². The maximum atomic E-state index is 4.45. The summed E-state index contributed by atoms with van der Waals surface area (Å²) >= 11 is 0. The van der Waals surface area contributed by atoms with E-state index in [1.807, 2.05) is 0 Å². The lowest BCUT2D eigenvalue weighted by atomic mass is 10.1. The standard InChI is InChI=1S/C7H10N/c1-2-6-4-5-7(3-1)8-6/h2,7H,1,3-5H2. The van der Waals surface area contributed by atoms with Crippen molar-refractivity contribution in [1.82, 2.24) is 5.32 Å². The molecule has 2 aliphatic heterocycles. The third kappa shape index (κ3) is 0.540. The summed E-state index contributed by atoms with van der Waals surface area (Å²) in [6, 6.07) is 0.718. The molecule has 2 bridgehead atoms. The van der Waals surface area contributed by atoms with E-state index in [1.54, 1.807) is 0 Å². The lowest BCUT2D eigenvalue weighted by Crippen LogP contribution is -2.15. The van der Waals surface area contributed by atoms with Crippen molar-refractivity contribution in [1.29, 1.82) is 0 Å². The molecule has 0 aromatic carbocycles. The lowest BCUT2D eigenvalue weighted by Gasteiger charge is -2.10. The molecule has 2 heterocycles. The molecule has 1 saturated heterocycles. The molecule has 0 spiro atoms. The first kappa shape index (κ1) is 4.42. The van der Waals surface area contributed by atoms with E-state index in [-0.39, 0.29) is 0 Å². The number of rotatable bonds is 0. The van der Waals surface area contributed by atoms with Gasteiger partial charge in [0.2, 0.25) is 0 Å². The smallest absolute Gasteiger partial charge is 0.0509 e. The van der Waals surface area contributed by atoms with Gasteiger partial charge in [-0.05, 0) is 25.7 Å². The Morgan fingerprint density at radius 3 is 3.25 bits per heavy atom. The molecule has 2 rings (SSSR count). The van der Waals surface area contributed by atoms with Gasteiger partial charge in [-0.15, -0.1) is 0 Å². The molecule has 2 aliphatic rings. The van der Waals surface area contributed by atoms with Crippen LogP contribution >= 0.6 is 0 Å². The van der Waals surface area contributed by atoms with Crippen molar-refractivity contribution < 1.29 is 0 Å². The van der Waals surface area contributed by atoms with Crippen LogP contribution in [0.4, 0.5) is 0 Å². The molecule has 0 saturated carbocycles. The summed E-state index contributed by atoms with van der Waals surface area (Å²) in [5.41, 5.74) is 1.38. The van der Waals surface area contributed by atoms with E-state index in [1.165, 1.54) is 31.4 Å². The van der Waals surface area contributed by atoms with Crippen LogP contribution in [0.2, 0.25) is 0 Å². The van der Waals surface area contributed by atoms with Gasteiger partial charge in [0.05, 0.1) is 6.04 Å². The topological polar surface area (TPSA) is 14.1 Å². The van der Waals surface area contributed by atoms with Crippen LogP contribution in [0.1, 0.15) is 25.7 Å². The number of nitrogens with zero attached hydrogens (tertiary/aromatic N) is 1. The first-order valence-electron chi connectivity index (χ1n) is 3.35. The summed E-state index contributed by atoms with van der Waals surface area (Å²) in [6.07, 6.45) is 7.45. The first-order chi connectivity index (χ1) is 3.95. The van der Waals surface area contributed by atoms with Crippen LogP contribution in [0.5, 0.6) is 0 Å². The Hall–Kier alpha value is -0.460. The maximum Gasteiger partial charge on any atom is 0.0509 e. The molecule has 8 heavy (non-hydrogen) atoms. The van der Waals surface area contributed by atoms with Gasteiger partial charge in [-0.3, -0.25) is 5.32 Å². The summed E-state index contributed by atoms with van der Waals surface area (Å²) in [6.45, 7) is 0. The molecule has 1 fully saturated rings.